The third-order valence-corrected chi connectivity index (χ3v) is 5.77. The number of nitrogens with one attached hydrogen (secondary N) is 1. The topological polar surface area (TPSA) is 72.5 Å². The van der Waals surface area contributed by atoms with Crippen LogP contribution in [0.25, 0.3) is 0 Å². The second kappa shape index (κ2) is 8.49. The number of anilines is 1. The highest BCUT2D eigenvalue weighted by molar-refractivity contribution is 7.90. The molecular formula is C23H23NO4S. The fraction of sp³-hybridized carbons (Fsp3) is 0.174. The van der Waals surface area contributed by atoms with Crippen LogP contribution in [0.3, 0.4) is 0 Å². The van der Waals surface area contributed by atoms with Crippen LogP contribution >= 0.6 is 0 Å². The maximum absolute atomic E-state index is 12.8. The van der Waals surface area contributed by atoms with Crippen molar-refractivity contribution in [2.45, 2.75) is 18.2 Å². The summed E-state index contributed by atoms with van der Waals surface area (Å²) in [4.78, 5) is 12.9. The van der Waals surface area contributed by atoms with Crippen molar-refractivity contribution in [1.29, 1.82) is 0 Å². The smallest absolute Gasteiger partial charge is 0.255 e. The van der Waals surface area contributed by atoms with Gasteiger partial charge >= 0.3 is 0 Å². The first-order valence-electron chi connectivity index (χ1n) is 9.11. The molecule has 0 aliphatic carbocycles. The van der Waals surface area contributed by atoms with Gasteiger partial charge in [-0.15, -0.1) is 0 Å². The zero-order chi connectivity index (χ0) is 21.0. The Morgan fingerprint density at radius 1 is 1.00 bits per heavy atom. The quantitative estimate of drug-likeness (QED) is 0.661. The van der Waals surface area contributed by atoms with Crippen LogP contribution in [-0.4, -0.2) is 27.7 Å². The molecule has 0 heterocycles. The number of sulfone groups is 1. The van der Waals surface area contributed by atoms with Crippen molar-refractivity contribution in [2.24, 2.45) is 0 Å². The van der Waals surface area contributed by atoms with Crippen LogP contribution in [0.1, 0.15) is 27.0 Å². The van der Waals surface area contributed by atoms with E-state index in [1.165, 1.54) is 12.1 Å². The highest BCUT2D eigenvalue weighted by Crippen LogP contribution is 2.26. The van der Waals surface area contributed by atoms with Crippen molar-refractivity contribution in [1.82, 2.24) is 0 Å². The molecule has 0 aromatic heterocycles. The molecule has 0 atom stereocenters. The molecule has 0 saturated heterocycles. The highest BCUT2D eigenvalue weighted by atomic mass is 32.2. The van der Waals surface area contributed by atoms with Crippen LogP contribution in [0.5, 0.6) is 5.75 Å². The van der Waals surface area contributed by atoms with E-state index in [2.05, 4.69) is 5.32 Å². The van der Waals surface area contributed by atoms with E-state index in [-0.39, 0.29) is 10.8 Å². The lowest BCUT2D eigenvalue weighted by Crippen LogP contribution is -2.14. The number of carbonyl (C=O) groups excluding carboxylic acids is 1. The lowest BCUT2D eigenvalue weighted by Gasteiger charge is -2.13. The minimum Gasteiger partial charge on any atom is -0.496 e. The summed E-state index contributed by atoms with van der Waals surface area (Å²) < 4.78 is 29.1. The third-order valence-electron chi connectivity index (χ3n) is 4.66. The summed E-state index contributed by atoms with van der Waals surface area (Å²) in [5.74, 6) is 0.380. The SMILES string of the molecule is COc1ccc(NC(=O)c2cc(S(C)(=O)=O)ccc2C)cc1Cc1ccccc1. The Bertz CT molecular complexity index is 1140. The molecule has 150 valence electrons. The molecular weight excluding hydrogens is 386 g/mol. The number of methoxy groups -OCH3 is 1. The average molecular weight is 410 g/mol. The van der Waals surface area contributed by atoms with E-state index >= 15 is 0 Å². The molecule has 6 heteroatoms. The summed E-state index contributed by atoms with van der Waals surface area (Å²) in [5.41, 5.74) is 3.72. The van der Waals surface area contributed by atoms with Crippen LogP contribution in [0.4, 0.5) is 5.69 Å². The van der Waals surface area contributed by atoms with E-state index in [1.807, 2.05) is 42.5 Å². The molecule has 0 aliphatic rings. The van der Waals surface area contributed by atoms with Gasteiger partial charge < -0.3 is 10.1 Å². The van der Waals surface area contributed by atoms with Crippen LogP contribution in [-0.2, 0) is 16.3 Å². The van der Waals surface area contributed by atoms with Gasteiger partial charge in [0.25, 0.3) is 5.91 Å². The van der Waals surface area contributed by atoms with Crippen molar-refractivity contribution in [3.8, 4) is 5.75 Å². The van der Waals surface area contributed by atoms with Gasteiger partial charge in [-0.1, -0.05) is 36.4 Å². The molecule has 0 aliphatic heterocycles. The van der Waals surface area contributed by atoms with E-state index in [0.29, 0.717) is 23.2 Å². The Hall–Kier alpha value is -3.12. The Morgan fingerprint density at radius 3 is 2.38 bits per heavy atom. The van der Waals surface area contributed by atoms with Gasteiger partial charge in [-0.2, -0.15) is 0 Å². The second-order valence-corrected chi connectivity index (χ2v) is 8.91. The average Bonchev–Trinajstić information content (AvgIpc) is 2.68. The molecule has 29 heavy (non-hydrogen) atoms. The number of ether oxygens (including phenoxy) is 1. The zero-order valence-corrected chi connectivity index (χ0v) is 17.4. The Kier molecular flexibility index (Phi) is 6.03. The van der Waals surface area contributed by atoms with E-state index in [9.17, 15) is 13.2 Å². The summed E-state index contributed by atoms with van der Waals surface area (Å²) >= 11 is 0. The molecule has 1 N–H and O–H groups in total. The lowest BCUT2D eigenvalue weighted by atomic mass is 10.0. The summed E-state index contributed by atoms with van der Waals surface area (Å²) in [6.07, 6.45) is 1.79. The normalized spacial score (nSPS) is 11.1. The Labute approximate surface area is 171 Å². The second-order valence-electron chi connectivity index (χ2n) is 6.89. The molecule has 3 rings (SSSR count). The molecule has 1 amide bonds. The number of hydrogen-bond acceptors (Lipinski definition) is 4. The first-order chi connectivity index (χ1) is 13.8. The molecule has 3 aromatic carbocycles. The van der Waals surface area contributed by atoms with E-state index in [0.717, 1.165) is 23.1 Å². The van der Waals surface area contributed by atoms with Crippen molar-refractivity contribution in [3.05, 3.63) is 89.0 Å². The van der Waals surface area contributed by atoms with Gasteiger partial charge in [0.05, 0.1) is 12.0 Å². The molecule has 5 nitrogen and oxygen atoms in total. The van der Waals surface area contributed by atoms with Crippen molar-refractivity contribution in [2.75, 3.05) is 18.7 Å². The summed E-state index contributed by atoms with van der Waals surface area (Å²) in [6.45, 7) is 1.77. The molecule has 0 saturated carbocycles. The number of carbonyl (C=O) groups is 1. The minimum absolute atomic E-state index is 0.118. The summed E-state index contributed by atoms with van der Waals surface area (Å²) in [6, 6.07) is 20.0. The number of amides is 1. The molecule has 0 spiro atoms. The number of benzene rings is 3. The highest BCUT2D eigenvalue weighted by Gasteiger charge is 2.15. The van der Waals surface area contributed by atoms with Gasteiger partial charge in [-0.25, -0.2) is 8.42 Å². The van der Waals surface area contributed by atoms with Gasteiger partial charge in [-0.05, 0) is 48.4 Å². The fourth-order valence-electron chi connectivity index (χ4n) is 3.09. The molecule has 0 bridgehead atoms. The van der Waals surface area contributed by atoms with E-state index < -0.39 is 9.84 Å². The van der Waals surface area contributed by atoms with Crippen LogP contribution < -0.4 is 10.1 Å². The zero-order valence-electron chi connectivity index (χ0n) is 16.6. The third kappa shape index (κ3) is 5.03. The molecule has 0 radical (unpaired) electrons. The largest absolute Gasteiger partial charge is 0.496 e. The van der Waals surface area contributed by atoms with Gasteiger partial charge in [0.1, 0.15) is 5.75 Å². The number of rotatable bonds is 6. The van der Waals surface area contributed by atoms with Gasteiger partial charge in [-0.3, -0.25) is 4.79 Å². The monoisotopic (exact) mass is 409 g/mol. The fourth-order valence-corrected chi connectivity index (χ4v) is 3.73. The predicted octanol–water partition coefficient (Wildman–Crippen LogP) is 4.25. The molecule has 3 aromatic rings. The minimum atomic E-state index is -3.40. The van der Waals surface area contributed by atoms with E-state index in [1.54, 1.807) is 26.2 Å². The van der Waals surface area contributed by atoms with Crippen LogP contribution in [0.15, 0.2) is 71.6 Å². The number of hydrogen-bond donors (Lipinski definition) is 1. The van der Waals surface area contributed by atoms with E-state index in [4.69, 9.17) is 4.74 Å². The Morgan fingerprint density at radius 2 is 1.72 bits per heavy atom. The van der Waals surface area contributed by atoms with Gasteiger partial charge in [0.15, 0.2) is 9.84 Å². The van der Waals surface area contributed by atoms with Gasteiger partial charge in [0.2, 0.25) is 0 Å². The van der Waals surface area contributed by atoms with Gasteiger partial charge in [0, 0.05) is 29.5 Å². The van der Waals surface area contributed by atoms with Crippen LogP contribution in [0, 0.1) is 6.92 Å². The number of aryl methyl sites for hydroxylation is 1. The first-order valence-corrected chi connectivity index (χ1v) is 11.0. The standard InChI is InChI=1S/C23H23NO4S/c1-16-9-11-20(29(3,26)27)15-21(16)23(25)24-19-10-12-22(28-2)18(14-19)13-17-7-5-4-6-8-17/h4-12,14-15H,13H2,1-3H3,(H,24,25). The maximum Gasteiger partial charge on any atom is 0.255 e. The summed E-state index contributed by atoms with van der Waals surface area (Å²) in [5, 5.41) is 2.87. The maximum atomic E-state index is 12.8. The summed E-state index contributed by atoms with van der Waals surface area (Å²) in [7, 11) is -1.78. The molecule has 0 unspecified atom stereocenters. The van der Waals surface area contributed by atoms with Crippen LogP contribution in [0.2, 0.25) is 0 Å². The van der Waals surface area contributed by atoms with Crippen molar-refractivity contribution < 1.29 is 17.9 Å². The van der Waals surface area contributed by atoms with Crippen molar-refractivity contribution in [3.63, 3.8) is 0 Å². The predicted molar refractivity (Wildman–Crippen MR) is 114 cm³/mol. The molecule has 0 fully saturated rings. The first kappa shape index (κ1) is 20.6. The Balaban J connectivity index is 1.89. The van der Waals surface area contributed by atoms with Crippen molar-refractivity contribution >= 4 is 21.4 Å². The lowest BCUT2D eigenvalue weighted by molar-refractivity contribution is 0.102.